The molecule has 2 N–H and O–H groups in total. The van der Waals surface area contributed by atoms with E-state index in [0.29, 0.717) is 11.5 Å². The maximum atomic E-state index is 12.0. The number of aromatic hydroxyl groups is 1. The van der Waals surface area contributed by atoms with E-state index in [1.165, 1.54) is 165 Å². The van der Waals surface area contributed by atoms with Crippen LogP contribution in [0, 0.1) is 0 Å². The molecule has 0 radical (unpaired) electrons. The number of phenolic OH excluding ortho intramolecular Hbond substituents is 1. The summed E-state index contributed by atoms with van der Waals surface area (Å²) < 4.78 is 75.8. The third kappa shape index (κ3) is 25.8. The summed E-state index contributed by atoms with van der Waals surface area (Å²) in [4.78, 5) is -0.918. The fourth-order valence-electron chi connectivity index (χ4n) is 7.60. The molecule has 4 rings (SSSR count). The van der Waals surface area contributed by atoms with E-state index in [9.17, 15) is 31.6 Å². The molecule has 0 aliphatic rings. The van der Waals surface area contributed by atoms with Crippen LogP contribution in [-0.2, 0) is 33.1 Å². The second kappa shape index (κ2) is 33.6. The third-order valence-electron chi connectivity index (χ3n) is 11.3. The Morgan fingerprint density at radius 2 is 0.846 bits per heavy atom. The standard InChI is InChI=1S/2C26H38O5S.Ca/c2*1-2-3-4-5-6-7-8-9-10-11-12-13-15-22-16-14-17-23(20-22)31-26-19-18-24(21-25(26)27)32(28,29)30;/h2*14,16-21,27H,2-13,15H2,1H3,(H,28,29,30);/q;;+2/p-2. The quantitative estimate of drug-likeness (QED) is 0.0272. The summed E-state index contributed by atoms with van der Waals surface area (Å²) in [6.07, 6.45) is 33.6. The molecule has 0 spiro atoms. The minimum atomic E-state index is -4.65. The predicted octanol–water partition coefficient (Wildman–Crippen LogP) is 14.0. The van der Waals surface area contributed by atoms with Crippen molar-refractivity contribution in [1.82, 2.24) is 0 Å². The molecular formula is C52H74CaO10S2. The van der Waals surface area contributed by atoms with E-state index in [4.69, 9.17) is 14.0 Å². The summed E-state index contributed by atoms with van der Waals surface area (Å²) in [7, 11) is -9.02. The van der Waals surface area contributed by atoms with Crippen LogP contribution in [-0.4, -0.2) is 68.8 Å². The van der Waals surface area contributed by atoms with Crippen LogP contribution >= 0.6 is 0 Å². The first-order valence-electron chi connectivity index (χ1n) is 23.9. The van der Waals surface area contributed by atoms with E-state index in [2.05, 4.69) is 19.9 Å². The average molecular weight is 963 g/mol. The number of unbranched alkanes of at least 4 members (excludes halogenated alkanes) is 22. The molecule has 0 atom stereocenters. The minimum Gasteiger partial charge on any atom is -0.870 e. The summed E-state index contributed by atoms with van der Waals surface area (Å²) in [5.41, 5.74) is 2.31. The Balaban J connectivity index is 0.000000440. The maximum absolute atomic E-state index is 12.0. The fourth-order valence-corrected chi connectivity index (χ4v) is 8.58. The Morgan fingerprint density at radius 1 is 0.477 bits per heavy atom. The van der Waals surface area contributed by atoms with Crippen molar-refractivity contribution in [1.29, 1.82) is 0 Å². The molecule has 0 unspecified atom stereocenters. The van der Waals surface area contributed by atoms with Gasteiger partial charge >= 0.3 is 37.7 Å². The first kappa shape index (κ1) is 58.3. The largest absolute Gasteiger partial charge is 2.00 e. The number of phenols is 1. The topological polar surface area (TPSA) is 173 Å². The number of hydrogen-bond donors (Lipinski definition) is 2. The zero-order valence-electron chi connectivity index (χ0n) is 39.2. The summed E-state index contributed by atoms with van der Waals surface area (Å²) in [6.45, 7) is 4.51. The van der Waals surface area contributed by atoms with Crippen molar-refractivity contribution in [3.05, 3.63) is 96.1 Å². The second-order valence-corrected chi connectivity index (χ2v) is 19.7. The van der Waals surface area contributed by atoms with E-state index < -0.39 is 30.9 Å². The van der Waals surface area contributed by atoms with Gasteiger partial charge in [0.2, 0.25) is 0 Å². The van der Waals surface area contributed by atoms with Crippen molar-refractivity contribution < 1.29 is 45.6 Å². The molecule has 0 fully saturated rings. The normalized spacial score (nSPS) is 11.4. The molecule has 65 heavy (non-hydrogen) atoms. The molecule has 356 valence electrons. The summed E-state index contributed by atoms with van der Waals surface area (Å²) >= 11 is 0. The SMILES string of the molecule is CCCCCCCCCCCCCCc1cccc(Oc2ccc(S(=O)(=O)O)cc2O)c1.CCCCCCCCCCCCCCc1cccc(Oc2ccc(S(=O)(=O)[O-])cc2[O-])c1.[Ca+2]. The van der Waals surface area contributed by atoms with Crippen molar-refractivity contribution in [2.24, 2.45) is 0 Å². The molecule has 0 bridgehead atoms. The number of benzene rings is 4. The maximum Gasteiger partial charge on any atom is 2.00 e. The van der Waals surface area contributed by atoms with Crippen LogP contribution in [0.15, 0.2) is 94.7 Å². The Morgan fingerprint density at radius 3 is 1.22 bits per heavy atom. The van der Waals surface area contributed by atoms with Gasteiger partial charge in [-0.05, 0) is 91.4 Å². The van der Waals surface area contributed by atoms with Gasteiger partial charge in [-0.3, -0.25) is 4.55 Å². The van der Waals surface area contributed by atoms with Gasteiger partial charge in [-0.2, -0.15) is 8.42 Å². The molecule has 13 heteroatoms. The van der Waals surface area contributed by atoms with Crippen molar-refractivity contribution in [2.45, 2.75) is 191 Å². The van der Waals surface area contributed by atoms with Crippen molar-refractivity contribution in [2.75, 3.05) is 0 Å². The Labute approximate surface area is 421 Å². The Hall–Kier alpha value is -2.84. The zero-order valence-corrected chi connectivity index (χ0v) is 43.0. The first-order chi connectivity index (χ1) is 30.8. The minimum absolute atomic E-state index is 0. The summed E-state index contributed by atoms with van der Waals surface area (Å²) in [5.74, 6) is 0.271. The number of aryl methyl sites for hydroxylation is 2. The number of hydrogen-bond acceptors (Lipinski definition) is 9. The average Bonchev–Trinajstić information content (AvgIpc) is 3.25. The van der Waals surface area contributed by atoms with Crippen LogP contribution in [0.1, 0.15) is 179 Å². The van der Waals surface area contributed by atoms with Crippen LogP contribution in [0.2, 0.25) is 0 Å². The van der Waals surface area contributed by atoms with Crippen LogP contribution in [0.5, 0.6) is 34.5 Å². The molecule has 0 aromatic heterocycles. The summed E-state index contributed by atoms with van der Waals surface area (Å²) in [6, 6.07) is 21.9. The first-order valence-corrected chi connectivity index (χ1v) is 26.8. The fraction of sp³-hybridized carbons (Fsp3) is 0.538. The molecular weight excluding hydrogens is 889 g/mol. The second-order valence-electron chi connectivity index (χ2n) is 16.9. The van der Waals surface area contributed by atoms with Gasteiger partial charge < -0.3 is 24.2 Å². The zero-order chi connectivity index (χ0) is 46.5. The number of ether oxygens (including phenoxy) is 2. The van der Waals surface area contributed by atoms with Gasteiger partial charge in [-0.1, -0.05) is 185 Å². The third-order valence-corrected chi connectivity index (χ3v) is 13.0. The van der Waals surface area contributed by atoms with Crippen LogP contribution < -0.4 is 14.6 Å². The van der Waals surface area contributed by atoms with Crippen LogP contribution in [0.3, 0.4) is 0 Å². The monoisotopic (exact) mass is 962 g/mol. The van der Waals surface area contributed by atoms with E-state index in [-0.39, 0.29) is 59.9 Å². The smallest absolute Gasteiger partial charge is 0.870 e. The molecule has 4 aromatic rings. The van der Waals surface area contributed by atoms with E-state index in [1.54, 1.807) is 12.1 Å². The number of rotatable bonds is 32. The molecule has 0 saturated heterocycles. The Kier molecular flexibility index (Phi) is 30.1. The van der Waals surface area contributed by atoms with Gasteiger partial charge in [0.25, 0.3) is 10.1 Å². The van der Waals surface area contributed by atoms with E-state index >= 15 is 0 Å². The summed E-state index contributed by atoms with van der Waals surface area (Å²) in [5, 5.41) is 22.1. The predicted molar refractivity (Wildman–Crippen MR) is 260 cm³/mol. The van der Waals surface area contributed by atoms with Gasteiger partial charge in [-0.25, -0.2) is 8.42 Å². The molecule has 0 saturated carbocycles. The Bertz CT molecular complexity index is 1970. The van der Waals surface area contributed by atoms with Gasteiger partial charge in [0.1, 0.15) is 27.4 Å². The molecule has 0 aliphatic carbocycles. The van der Waals surface area contributed by atoms with E-state index in [1.807, 2.05) is 30.3 Å². The van der Waals surface area contributed by atoms with Crippen molar-refractivity contribution in [3.63, 3.8) is 0 Å². The molecule has 4 aromatic carbocycles. The van der Waals surface area contributed by atoms with E-state index in [0.717, 1.165) is 49.4 Å². The van der Waals surface area contributed by atoms with Gasteiger partial charge in [-0.15, -0.1) is 0 Å². The van der Waals surface area contributed by atoms with Crippen molar-refractivity contribution in [3.8, 4) is 34.5 Å². The van der Waals surface area contributed by atoms with Gasteiger partial charge in [0.05, 0.1) is 9.79 Å². The molecule has 0 heterocycles. The van der Waals surface area contributed by atoms with Crippen molar-refractivity contribution >= 4 is 58.0 Å². The van der Waals surface area contributed by atoms with Gasteiger partial charge in [0.15, 0.2) is 11.5 Å². The molecule has 0 aliphatic heterocycles. The molecule has 0 amide bonds. The molecule has 10 nitrogen and oxygen atoms in total. The van der Waals surface area contributed by atoms with Crippen LogP contribution in [0.25, 0.3) is 0 Å². The van der Waals surface area contributed by atoms with Gasteiger partial charge in [0, 0.05) is 6.07 Å². The van der Waals surface area contributed by atoms with Crippen LogP contribution in [0.4, 0.5) is 0 Å².